The molecule has 0 bridgehead atoms. The van der Waals surface area contributed by atoms with Gasteiger partial charge in [0.05, 0.1) is 37.7 Å². The average Bonchev–Trinajstić information content (AvgIpc) is 3.55. The molecular weight excluding hydrogens is 557 g/mol. The van der Waals surface area contributed by atoms with Crippen molar-refractivity contribution < 1.29 is 19.2 Å². The van der Waals surface area contributed by atoms with Crippen LogP contribution in [0.4, 0.5) is 5.13 Å². The van der Waals surface area contributed by atoms with Crippen LogP contribution in [0, 0.1) is 0 Å². The average molecular weight is 587 g/mol. The molecule has 0 atom stereocenters. The molecule has 2 aromatic carbocycles. The summed E-state index contributed by atoms with van der Waals surface area (Å²) in [6.07, 6.45) is 10.8. The number of hydrogen-bond acceptors (Lipinski definition) is 7. The number of fused-ring (bicyclic) bond motifs is 1. The molecule has 0 unspecified atom stereocenters. The van der Waals surface area contributed by atoms with Crippen LogP contribution in [0.1, 0.15) is 73.0 Å². The Morgan fingerprint density at radius 3 is 2.69 bits per heavy atom. The Kier molecular flexibility index (Phi) is 10.1. The molecule has 0 saturated heterocycles. The van der Waals surface area contributed by atoms with Crippen molar-refractivity contribution in [1.29, 1.82) is 0 Å². The number of allylic oxidation sites excluding steroid dienone is 1. The van der Waals surface area contributed by atoms with E-state index in [1.165, 1.54) is 36.7 Å². The number of benzene rings is 2. The lowest BCUT2D eigenvalue weighted by Crippen LogP contribution is -1.94. The Morgan fingerprint density at radius 1 is 1.26 bits per heavy atom. The smallest absolute Gasteiger partial charge is 0.335 e. The van der Waals surface area contributed by atoms with Crippen LogP contribution in [0.5, 0.6) is 0 Å². The zero-order valence-corrected chi connectivity index (χ0v) is 23.9. The van der Waals surface area contributed by atoms with Gasteiger partial charge in [0, 0.05) is 11.5 Å². The first-order valence-electron chi connectivity index (χ1n) is 12.7. The van der Waals surface area contributed by atoms with E-state index in [-0.39, 0.29) is 5.56 Å². The van der Waals surface area contributed by atoms with Crippen molar-refractivity contribution in [3.63, 3.8) is 0 Å². The number of carboxylic acids is 1. The predicted octanol–water partition coefficient (Wildman–Crippen LogP) is 9.46. The molecule has 0 spiro atoms. The molecule has 7 nitrogen and oxygen atoms in total. The molecule has 1 N–H and O–H groups in total. The Bertz CT molecular complexity index is 1460. The van der Waals surface area contributed by atoms with Crippen LogP contribution >= 0.6 is 34.5 Å². The highest BCUT2D eigenvalue weighted by atomic mass is 35.5. The van der Waals surface area contributed by atoms with Crippen LogP contribution in [0.25, 0.3) is 21.5 Å². The van der Waals surface area contributed by atoms with Crippen molar-refractivity contribution in [2.75, 3.05) is 0 Å². The number of aromatic carboxylic acids is 1. The van der Waals surface area contributed by atoms with E-state index in [0.717, 1.165) is 40.8 Å². The summed E-state index contributed by atoms with van der Waals surface area (Å²) in [5.74, 6) is 0.411. The molecule has 10 heteroatoms. The lowest BCUT2D eigenvalue weighted by Gasteiger charge is -2.07. The number of nitrogens with zero attached hydrogens (tertiary/aromatic N) is 3. The van der Waals surface area contributed by atoms with Gasteiger partial charge in [-0.3, -0.25) is 0 Å². The van der Waals surface area contributed by atoms with Crippen LogP contribution in [0.3, 0.4) is 0 Å². The highest BCUT2D eigenvalue weighted by Gasteiger charge is 2.33. The second-order valence-corrected chi connectivity index (χ2v) is 10.9. The third-order valence-electron chi connectivity index (χ3n) is 6.12. The van der Waals surface area contributed by atoms with Crippen molar-refractivity contribution >= 4 is 62.6 Å². The number of halogens is 2. The molecule has 39 heavy (non-hydrogen) atoms. The fourth-order valence-electron chi connectivity index (χ4n) is 3.94. The minimum absolute atomic E-state index is 0.261. The van der Waals surface area contributed by atoms with Crippen molar-refractivity contribution in [1.82, 2.24) is 10.1 Å². The number of hydrogen-bond donors (Lipinski definition) is 1. The predicted molar refractivity (Wildman–Crippen MR) is 158 cm³/mol. The first-order chi connectivity index (χ1) is 18.9. The summed E-state index contributed by atoms with van der Waals surface area (Å²) in [6, 6.07) is 10.2. The summed E-state index contributed by atoms with van der Waals surface area (Å²) in [6.45, 7) is 5.98. The summed E-state index contributed by atoms with van der Waals surface area (Å²) >= 11 is 14.0. The van der Waals surface area contributed by atoms with E-state index >= 15 is 0 Å². The van der Waals surface area contributed by atoms with Crippen LogP contribution in [0.2, 0.25) is 10.0 Å². The summed E-state index contributed by atoms with van der Waals surface area (Å²) in [7, 11) is 0. The maximum atomic E-state index is 10.7. The Labute approximate surface area is 241 Å². The quantitative estimate of drug-likeness (QED) is 0.107. The lowest BCUT2D eigenvalue weighted by molar-refractivity contribution is 0.0697. The highest BCUT2D eigenvalue weighted by molar-refractivity contribution is 7.22. The molecule has 2 heterocycles. The van der Waals surface area contributed by atoms with E-state index in [1.807, 2.05) is 18.2 Å². The lowest BCUT2D eigenvalue weighted by atomic mass is 10.0. The van der Waals surface area contributed by atoms with Crippen LogP contribution in [-0.4, -0.2) is 27.9 Å². The number of aromatic nitrogens is 2. The largest absolute Gasteiger partial charge is 0.497 e. The zero-order valence-electron chi connectivity index (χ0n) is 21.5. The van der Waals surface area contributed by atoms with Gasteiger partial charge in [0.2, 0.25) is 5.13 Å². The van der Waals surface area contributed by atoms with Gasteiger partial charge in [0.15, 0.2) is 0 Å². The second kappa shape index (κ2) is 13.7. The van der Waals surface area contributed by atoms with E-state index in [9.17, 15) is 4.79 Å². The van der Waals surface area contributed by atoms with Gasteiger partial charge in [-0.1, -0.05) is 65.5 Å². The van der Waals surface area contributed by atoms with E-state index in [2.05, 4.69) is 34.9 Å². The molecule has 1 aliphatic carbocycles. The molecule has 0 radical (unpaired) electrons. The van der Waals surface area contributed by atoms with Crippen molar-refractivity contribution in [3.05, 3.63) is 75.7 Å². The maximum Gasteiger partial charge on any atom is 0.335 e. The monoisotopic (exact) mass is 585 g/mol. The molecular formula is C29H29Cl2N3O4S. The topological polar surface area (TPSA) is 97.8 Å². The van der Waals surface area contributed by atoms with Gasteiger partial charge in [-0.2, -0.15) is 0 Å². The Morgan fingerprint density at radius 2 is 2.03 bits per heavy atom. The number of thiazole rings is 1. The van der Waals surface area contributed by atoms with E-state index in [0.29, 0.717) is 39.0 Å². The minimum Gasteiger partial charge on any atom is -0.497 e. The van der Waals surface area contributed by atoms with Crippen LogP contribution < -0.4 is 0 Å². The van der Waals surface area contributed by atoms with Crippen molar-refractivity contribution in [2.45, 2.75) is 58.0 Å². The Balaban J connectivity index is 0.000000212. The zero-order chi connectivity index (χ0) is 27.8. The van der Waals surface area contributed by atoms with Crippen molar-refractivity contribution in [3.8, 4) is 11.3 Å². The molecule has 2 aromatic heterocycles. The van der Waals surface area contributed by atoms with Crippen molar-refractivity contribution in [2.24, 2.45) is 4.99 Å². The first kappa shape index (κ1) is 28.8. The second-order valence-electron chi connectivity index (χ2n) is 9.07. The highest BCUT2D eigenvalue weighted by Crippen LogP contribution is 2.46. The van der Waals surface area contributed by atoms with Gasteiger partial charge >= 0.3 is 5.97 Å². The van der Waals surface area contributed by atoms with Crippen LogP contribution in [0.15, 0.2) is 58.3 Å². The molecule has 0 aliphatic heterocycles. The van der Waals surface area contributed by atoms with E-state index in [1.54, 1.807) is 18.4 Å². The van der Waals surface area contributed by atoms with E-state index < -0.39 is 5.97 Å². The third kappa shape index (κ3) is 7.47. The molecule has 5 rings (SSSR count). The number of carboxylic acid groups (broad SMARTS) is 1. The summed E-state index contributed by atoms with van der Waals surface area (Å²) in [5.41, 5.74) is 3.37. The fourth-order valence-corrected chi connectivity index (χ4v) is 5.33. The summed E-state index contributed by atoms with van der Waals surface area (Å²) < 4.78 is 12.2. The third-order valence-corrected chi connectivity index (χ3v) is 7.70. The van der Waals surface area contributed by atoms with Crippen LogP contribution in [-0.2, 0) is 11.3 Å². The van der Waals surface area contributed by atoms with Gasteiger partial charge in [-0.05, 0) is 68.8 Å². The normalized spacial score (nSPS) is 12.9. The Hall–Kier alpha value is -3.20. The van der Waals surface area contributed by atoms with Gasteiger partial charge in [0.25, 0.3) is 0 Å². The van der Waals surface area contributed by atoms with Gasteiger partial charge in [0.1, 0.15) is 18.1 Å². The number of unbranched alkanes of at least 4 members (excludes halogenated alkanes) is 3. The molecule has 4 aromatic rings. The maximum absolute atomic E-state index is 10.7. The molecule has 1 aliphatic rings. The van der Waals surface area contributed by atoms with Gasteiger partial charge < -0.3 is 14.4 Å². The summed E-state index contributed by atoms with van der Waals surface area (Å²) in [5, 5.41) is 14.7. The van der Waals surface area contributed by atoms with Gasteiger partial charge in [-0.15, -0.1) is 0 Å². The molecule has 1 fully saturated rings. The fraction of sp³-hybridized carbons (Fsp3) is 0.310. The molecule has 0 amide bonds. The van der Waals surface area contributed by atoms with E-state index in [4.69, 9.17) is 37.6 Å². The number of aliphatic imine (C=N–C) groups is 1. The molecule has 1 saturated carbocycles. The van der Waals surface area contributed by atoms with Gasteiger partial charge in [-0.25, -0.2) is 14.8 Å². The molecule has 204 valence electrons. The number of ether oxygens (including phenoxy) is 1. The number of carbonyl (C=O) groups is 1. The summed E-state index contributed by atoms with van der Waals surface area (Å²) in [4.78, 5) is 18.5. The first-order valence-corrected chi connectivity index (χ1v) is 14.3. The number of rotatable bonds is 11. The standard InChI is InChI=1S/C20H23Cl2NO2.C9H6N2O2S/c1-2-3-4-5-6-12-24-13-15-19(23-25-20(15)14-10-11-14)18-16(21)8-7-9-17(18)22;1-10-9-11-6-3-2-5(8(12)13)4-7(6)14-9/h6-9,12,14H,2-5,10-11,13H2,1H3;2-4H,1H2,(H,12,13). The minimum atomic E-state index is -0.937. The SMILES string of the molecule is C=Nc1nc2ccc(C(=O)O)cc2s1.CCCCCC=COCc1c(-c2c(Cl)cccc2Cl)noc1C1CC1.